The van der Waals surface area contributed by atoms with Gasteiger partial charge in [-0.2, -0.15) is 0 Å². The minimum absolute atomic E-state index is 1.02. The van der Waals surface area contributed by atoms with E-state index in [9.17, 15) is 0 Å². The average molecular weight is 453 g/mol. The van der Waals surface area contributed by atoms with Crippen molar-refractivity contribution in [3.63, 3.8) is 0 Å². The molecule has 6 rings (SSSR count). The number of rotatable bonds is 3. The normalized spacial score (nSPS) is 48.1. The maximum Gasteiger partial charge on any atom is -0.0321 e. The Balaban J connectivity index is 1.29. The molecule has 9 atom stereocenters. The van der Waals surface area contributed by atoms with Gasteiger partial charge in [0.1, 0.15) is 0 Å². The van der Waals surface area contributed by atoms with Gasteiger partial charge in [-0.25, -0.2) is 0 Å². The zero-order chi connectivity index (χ0) is 22.2. The first-order chi connectivity index (χ1) is 16.3. The third kappa shape index (κ3) is 4.73. The molecule has 0 aromatic carbocycles. The molecular weight excluding hydrogens is 396 g/mol. The van der Waals surface area contributed by atoms with E-state index in [0.717, 1.165) is 65.1 Å². The summed E-state index contributed by atoms with van der Waals surface area (Å²) in [6, 6.07) is 0. The Morgan fingerprint density at radius 3 is 1.55 bits per heavy atom. The summed E-state index contributed by atoms with van der Waals surface area (Å²) in [5.74, 6) is 12.2. The molecule has 0 radical (unpaired) electrons. The summed E-state index contributed by atoms with van der Waals surface area (Å²) in [5.41, 5.74) is 0. The SMILES string of the molecule is CC1CC2CCCCC2C(C2CCCCC2)C1C1CC2CCCCC2C(C2CCCCC2)C1. The third-order valence-corrected chi connectivity index (χ3v) is 12.9. The van der Waals surface area contributed by atoms with Crippen LogP contribution in [0, 0.1) is 65.1 Å². The van der Waals surface area contributed by atoms with Gasteiger partial charge in [0.05, 0.1) is 0 Å². The Morgan fingerprint density at radius 2 is 0.848 bits per heavy atom. The molecule has 6 aliphatic carbocycles. The van der Waals surface area contributed by atoms with Gasteiger partial charge in [0.2, 0.25) is 0 Å². The van der Waals surface area contributed by atoms with E-state index in [0.29, 0.717) is 0 Å². The first-order valence-corrected chi connectivity index (χ1v) is 16.3. The zero-order valence-corrected chi connectivity index (χ0v) is 22.2. The summed E-state index contributed by atoms with van der Waals surface area (Å²) < 4.78 is 0. The van der Waals surface area contributed by atoms with Crippen LogP contribution in [-0.2, 0) is 0 Å². The van der Waals surface area contributed by atoms with Crippen molar-refractivity contribution in [2.24, 2.45) is 65.1 Å². The molecular formula is C33H56. The fourth-order valence-corrected chi connectivity index (χ4v) is 11.8. The van der Waals surface area contributed by atoms with Crippen molar-refractivity contribution in [2.45, 2.75) is 142 Å². The highest BCUT2D eigenvalue weighted by molar-refractivity contribution is 5.01. The van der Waals surface area contributed by atoms with E-state index in [4.69, 9.17) is 0 Å². The summed E-state index contributed by atoms with van der Waals surface area (Å²) in [5, 5.41) is 0. The van der Waals surface area contributed by atoms with Gasteiger partial charge in [-0.3, -0.25) is 0 Å². The average Bonchev–Trinajstić information content (AvgIpc) is 2.88. The van der Waals surface area contributed by atoms with Gasteiger partial charge in [0, 0.05) is 0 Å². The van der Waals surface area contributed by atoms with E-state index < -0.39 is 0 Å². The summed E-state index contributed by atoms with van der Waals surface area (Å²) >= 11 is 0. The van der Waals surface area contributed by atoms with Crippen LogP contribution in [0.1, 0.15) is 142 Å². The predicted octanol–water partition coefficient (Wildman–Crippen LogP) is 10.1. The lowest BCUT2D eigenvalue weighted by atomic mass is 9.47. The fraction of sp³-hybridized carbons (Fsp3) is 1.00. The van der Waals surface area contributed by atoms with Crippen molar-refractivity contribution < 1.29 is 0 Å². The Bertz CT molecular complexity index is 610. The van der Waals surface area contributed by atoms with E-state index in [-0.39, 0.29) is 0 Å². The van der Waals surface area contributed by atoms with E-state index >= 15 is 0 Å². The molecule has 0 bridgehead atoms. The fourth-order valence-electron chi connectivity index (χ4n) is 11.8. The molecule has 6 aliphatic rings. The summed E-state index contributed by atoms with van der Waals surface area (Å²) in [6.45, 7) is 2.76. The standard InChI is InChI=1S/C33H56/c1-23-20-26-16-9-11-19-30(26)33(25-14-6-3-7-15-25)32(23)28-21-27-17-8-10-18-29(27)31(22-28)24-12-4-2-5-13-24/h23-33H,2-22H2,1H3. The molecule has 0 heterocycles. The van der Waals surface area contributed by atoms with Gasteiger partial charge in [0.15, 0.2) is 0 Å². The van der Waals surface area contributed by atoms with Gasteiger partial charge in [-0.15, -0.1) is 0 Å². The lowest BCUT2D eigenvalue weighted by Gasteiger charge is -2.58. The monoisotopic (exact) mass is 452 g/mol. The summed E-state index contributed by atoms with van der Waals surface area (Å²) in [6.07, 6.45) is 33.2. The molecule has 0 aliphatic heterocycles. The van der Waals surface area contributed by atoms with Gasteiger partial charge in [-0.05, 0) is 97.2 Å². The predicted molar refractivity (Wildman–Crippen MR) is 141 cm³/mol. The molecule has 0 heteroatoms. The minimum Gasteiger partial charge on any atom is -0.0622 e. The van der Waals surface area contributed by atoms with E-state index in [2.05, 4.69) is 6.92 Å². The van der Waals surface area contributed by atoms with E-state index in [1.54, 1.807) is 122 Å². The van der Waals surface area contributed by atoms with E-state index in [1.807, 2.05) is 0 Å². The van der Waals surface area contributed by atoms with Crippen LogP contribution in [0.2, 0.25) is 0 Å². The maximum absolute atomic E-state index is 2.76. The quantitative estimate of drug-likeness (QED) is 0.399. The Labute approximate surface area is 206 Å². The van der Waals surface area contributed by atoms with Crippen LogP contribution in [0.3, 0.4) is 0 Å². The smallest absolute Gasteiger partial charge is 0.0321 e. The van der Waals surface area contributed by atoms with Gasteiger partial charge in [0.25, 0.3) is 0 Å². The molecule has 0 saturated heterocycles. The Kier molecular flexibility index (Phi) is 7.48. The largest absolute Gasteiger partial charge is 0.0622 e. The zero-order valence-electron chi connectivity index (χ0n) is 22.2. The number of fused-ring (bicyclic) bond motifs is 2. The first-order valence-electron chi connectivity index (χ1n) is 16.3. The summed E-state index contributed by atoms with van der Waals surface area (Å²) in [4.78, 5) is 0. The van der Waals surface area contributed by atoms with Crippen LogP contribution < -0.4 is 0 Å². The highest BCUT2D eigenvalue weighted by Crippen LogP contribution is 2.60. The molecule has 0 aromatic rings. The van der Waals surface area contributed by atoms with Crippen LogP contribution >= 0.6 is 0 Å². The summed E-state index contributed by atoms with van der Waals surface area (Å²) in [7, 11) is 0. The molecule has 33 heavy (non-hydrogen) atoms. The third-order valence-electron chi connectivity index (χ3n) is 12.9. The highest BCUT2D eigenvalue weighted by atomic mass is 14.6. The van der Waals surface area contributed by atoms with Crippen LogP contribution in [0.5, 0.6) is 0 Å². The van der Waals surface area contributed by atoms with Gasteiger partial charge in [-0.1, -0.05) is 110 Å². The van der Waals surface area contributed by atoms with Crippen molar-refractivity contribution in [1.82, 2.24) is 0 Å². The van der Waals surface area contributed by atoms with Crippen molar-refractivity contribution in [3.05, 3.63) is 0 Å². The lowest BCUT2D eigenvalue weighted by Crippen LogP contribution is -2.50. The molecule has 188 valence electrons. The van der Waals surface area contributed by atoms with Gasteiger partial charge >= 0.3 is 0 Å². The van der Waals surface area contributed by atoms with Crippen LogP contribution in [0.15, 0.2) is 0 Å². The second-order valence-electron chi connectivity index (χ2n) is 14.5. The van der Waals surface area contributed by atoms with Crippen LogP contribution in [0.4, 0.5) is 0 Å². The second-order valence-corrected chi connectivity index (χ2v) is 14.5. The molecule has 0 aromatic heterocycles. The van der Waals surface area contributed by atoms with Crippen molar-refractivity contribution >= 4 is 0 Å². The lowest BCUT2D eigenvalue weighted by molar-refractivity contribution is -0.0855. The number of hydrogen-bond acceptors (Lipinski definition) is 0. The van der Waals surface area contributed by atoms with Crippen LogP contribution in [-0.4, -0.2) is 0 Å². The van der Waals surface area contributed by atoms with Gasteiger partial charge < -0.3 is 0 Å². The van der Waals surface area contributed by atoms with Crippen molar-refractivity contribution in [2.75, 3.05) is 0 Å². The molecule has 0 nitrogen and oxygen atoms in total. The molecule has 6 fully saturated rings. The minimum atomic E-state index is 1.02. The molecule has 9 unspecified atom stereocenters. The van der Waals surface area contributed by atoms with E-state index in [1.165, 1.54) is 12.8 Å². The van der Waals surface area contributed by atoms with Crippen LogP contribution in [0.25, 0.3) is 0 Å². The second kappa shape index (κ2) is 10.5. The molecule has 6 saturated carbocycles. The maximum atomic E-state index is 2.76. The van der Waals surface area contributed by atoms with Crippen molar-refractivity contribution in [3.8, 4) is 0 Å². The first kappa shape index (κ1) is 23.4. The molecule has 0 amide bonds. The van der Waals surface area contributed by atoms with Crippen molar-refractivity contribution in [1.29, 1.82) is 0 Å². The molecule has 0 N–H and O–H groups in total. The molecule has 0 spiro atoms. The Morgan fingerprint density at radius 1 is 0.333 bits per heavy atom. The Hall–Kier alpha value is 0. The highest BCUT2D eigenvalue weighted by Gasteiger charge is 2.52. The topological polar surface area (TPSA) is 0 Å². The number of hydrogen-bond donors (Lipinski definition) is 0.